The third-order valence-corrected chi connectivity index (χ3v) is 3.99. The van der Waals surface area contributed by atoms with Gasteiger partial charge in [-0.3, -0.25) is 0 Å². The number of ether oxygens (including phenoxy) is 2. The van der Waals surface area contributed by atoms with Gasteiger partial charge in [-0.05, 0) is 13.0 Å². The van der Waals surface area contributed by atoms with Crippen LogP contribution in [-0.4, -0.2) is 47.9 Å². The number of methoxy groups -OCH3 is 1. The van der Waals surface area contributed by atoms with Crippen LogP contribution in [0.25, 0.3) is 10.9 Å². The largest absolute Gasteiger partial charge is 0.480 e. The van der Waals surface area contributed by atoms with Crippen LogP contribution in [0.3, 0.4) is 0 Å². The summed E-state index contributed by atoms with van der Waals surface area (Å²) in [6.45, 7) is 11.7. The van der Waals surface area contributed by atoms with E-state index in [4.69, 9.17) is 14.5 Å². The van der Waals surface area contributed by atoms with Crippen molar-refractivity contribution in [1.29, 1.82) is 5.26 Å². The number of morpholine rings is 1. The number of anilines is 1. The van der Waals surface area contributed by atoms with Crippen LogP contribution in [0.2, 0.25) is 0 Å². The van der Waals surface area contributed by atoms with E-state index < -0.39 is 6.10 Å². The molecule has 26 heavy (non-hydrogen) atoms. The summed E-state index contributed by atoms with van der Waals surface area (Å²) in [7, 11) is 1.60. The number of aryl methyl sites for hydroxylation is 1. The van der Waals surface area contributed by atoms with Crippen molar-refractivity contribution in [2.24, 2.45) is 0 Å². The van der Waals surface area contributed by atoms with Gasteiger partial charge in [-0.2, -0.15) is 5.26 Å². The Morgan fingerprint density at radius 1 is 1.31 bits per heavy atom. The molecule has 2 aromatic heterocycles. The van der Waals surface area contributed by atoms with Crippen molar-refractivity contribution in [2.45, 2.75) is 46.6 Å². The summed E-state index contributed by atoms with van der Waals surface area (Å²) < 4.78 is 10.9. The van der Waals surface area contributed by atoms with E-state index in [1.165, 1.54) is 0 Å². The summed E-state index contributed by atoms with van der Waals surface area (Å²) >= 11 is 0. The molecule has 0 radical (unpaired) electrons. The van der Waals surface area contributed by atoms with Gasteiger partial charge in [0.1, 0.15) is 17.0 Å². The lowest BCUT2D eigenvalue weighted by molar-refractivity contribution is 0.0762. The molecule has 3 heterocycles. The molecule has 1 saturated heterocycles. The SMILES string of the molecule is CC.COc1nc(C)cc2nc(C(C)C)nc(N3CCOC(C#N)C3)c12. The third-order valence-electron chi connectivity index (χ3n) is 3.99. The third kappa shape index (κ3) is 4.02. The molecular weight excluding hydrogens is 330 g/mol. The van der Waals surface area contributed by atoms with Crippen molar-refractivity contribution >= 4 is 16.7 Å². The lowest BCUT2D eigenvalue weighted by atomic mass is 10.1. The quantitative estimate of drug-likeness (QED) is 0.834. The zero-order valence-electron chi connectivity index (χ0n) is 16.4. The molecule has 7 nitrogen and oxygen atoms in total. The van der Waals surface area contributed by atoms with E-state index in [-0.39, 0.29) is 5.92 Å². The first-order valence-electron chi connectivity index (χ1n) is 9.03. The first-order chi connectivity index (χ1) is 12.5. The maximum Gasteiger partial charge on any atom is 0.226 e. The Hall–Kier alpha value is -2.46. The fraction of sp³-hybridized carbons (Fsp3) is 0.579. The first-order valence-corrected chi connectivity index (χ1v) is 9.03. The number of fused-ring (bicyclic) bond motifs is 1. The zero-order chi connectivity index (χ0) is 19.3. The topological polar surface area (TPSA) is 84.2 Å². The average Bonchev–Trinajstić information content (AvgIpc) is 2.67. The highest BCUT2D eigenvalue weighted by Gasteiger charge is 2.26. The predicted molar refractivity (Wildman–Crippen MR) is 102 cm³/mol. The molecule has 1 aliphatic rings. The maximum atomic E-state index is 9.18. The Kier molecular flexibility index (Phi) is 6.70. The summed E-state index contributed by atoms with van der Waals surface area (Å²) in [4.78, 5) is 16.0. The Morgan fingerprint density at radius 2 is 2.04 bits per heavy atom. The van der Waals surface area contributed by atoms with Crippen LogP contribution in [0.5, 0.6) is 5.88 Å². The van der Waals surface area contributed by atoms with Crippen molar-refractivity contribution in [3.63, 3.8) is 0 Å². The smallest absolute Gasteiger partial charge is 0.226 e. The minimum absolute atomic E-state index is 0.195. The second-order valence-corrected chi connectivity index (χ2v) is 6.16. The van der Waals surface area contributed by atoms with Crippen LogP contribution in [0.15, 0.2) is 6.07 Å². The minimum atomic E-state index is -0.462. The van der Waals surface area contributed by atoms with Crippen molar-refractivity contribution in [1.82, 2.24) is 15.0 Å². The van der Waals surface area contributed by atoms with Crippen molar-refractivity contribution in [3.8, 4) is 11.9 Å². The van der Waals surface area contributed by atoms with E-state index >= 15 is 0 Å². The summed E-state index contributed by atoms with van der Waals surface area (Å²) in [5.41, 5.74) is 1.66. The highest BCUT2D eigenvalue weighted by molar-refractivity contribution is 5.94. The van der Waals surface area contributed by atoms with Crippen LogP contribution in [0.4, 0.5) is 5.82 Å². The Balaban J connectivity index is 0.00000117. The standard InChI is InChI=1S/C17H21N5O2.C2H6/c1-10(2)15-20-13-7-11(3)19-17(23-4)14(13)16(21-15)22-5-6-24-12(8-18)9-22;1-2/h7,10,12H,5-6,9H2,1-4H3;1-2H3. The molecule has 0 aromatic carbocycles. The van der Waals surface area contributed by atoms with Gasteiger partial charge in [0.05, 0.1) is 31.8 Å². The summed E-state index contributed by atoms with van der Waals surface area (Å²) in [5, 5.41) is 9.96. The normalized spacial score (nSPS) is 16.8. The molecular formula is C19H27N5O2. The van der Waals surface area contributed by atoms with Crippen LogP contribution < -0.4 is 9.64 Å². The van der Waals surface area contributed by atoms with Gasteiger partial charge < -0.3 is 14.4 Å². The van der Waals surface area contributed by atoms with E-state index in [9.17, 15) is 5.26 Å². The number of rotatable bonds is 3. The number of nitrogens with zero attached hydrogens (tertiary/aromatic N) is 5. The van der Waals surface area contributed by atoms with Crippen molar-refractivity contribution in [3.05, 3.63) is 17.6 Å². The molecule has 1 fully saturated rings. The van der Waals surface area contributed by atoms with Gasteiger partial charge >= 0.3 is 0 Å². The highest BCUT2D eigenvalue weighted by Crippen LogP contribution is 2.33. The van der Waals surface area contributed by atoms with Crippen LogP contribution in [-0.2, 0) is 4.74 Å². The van der Waals surface area contributed by atoms with E-state index in [1.54, 1.807) is 7.11 Å². The molecule has 2 aromatic rings. The fourth-order valence-electron chi connectivity index (χ4n) is 2.79. The predicted octanol–water partition coefficient (Wildman–Crippen LogP) is 3.22. The maximum absolute atomic E-state index is 9.18. The molecule has 140 valence electrons. The number of aromatic nitrogens is 3. The summed E-state index contributed by atoms with van der Waals surface area (Å²) in [6, 6.07) is 4.11. The monoisotopic (exact) mass is 357 g/mol. The molecule has 0 N–H and O–H groups in total. The van der Waals surface area contributed by atoms with Crippen molar-refractivity contribution in [2.75, 3.05) is 31.7 Å². The van der Waals surface area contributed by atoms with Gasteiger partial charge in [-0.25, -0.2) is 15.0 Å². The Bertz CT molecular complexity index is 801. The summed E-state index contributed by atoms with van der Waals surface area (Å²) in [5.74, 6) is 2.23. The Morgan fingerprint density at radius 3 is 2.65 bits per heavy atom. The molecule has 1 aliphatic heterocycles. The number of nitriles is 1. The van der Waals surface area contributed by atoms with Gasteiger partial charge in [0.25, 0.3) is 0 Å². The number of hydrogen-bond donors (Lipinski definition) is 0. The van der Waals surface area contributed by atoms with Gasteiger partial charge in [0.2, 0.25) is 5.88 Å². The first kappa shape index (κ1) is 19.9. The molecule has 1 atom stereocenters. The lowest BCUT2D eigenvalue weighted by Gasteiger charge is -2.31. The van der Waals surface area contributed by atoms with E-state index in [1.807, 2.05) is 26.8 Å². The zero-order valence-corrected chi connectivity index (χ0v) is 16.4. The molecule has 0 aliphatic carbocycles. The second kappa shape index (κ2) is 8.77. The highest BCUT2D eigenvalue weighted by atomic mass is 16.5. The Labute approximate surface area is 155 Å². The van der Waals surface area contributed by atoms with Gasteiger partial charge in [-0.1, -0.05) is 27.7 Å². The van der Waals surface area contributed by atoms with Gasteiger partial charge in [0.15, 0.2) is 6.10 Å². The molecule has 0 saturated carbocycles. The molecule has 0 bridgehead atoms. The van der Waals surface area contributed by atoms with E-state index in [0.29, 0.717) is 25.6 Å². The van der Waals surface area contributed by atoms with Crippen LogP contribution in [0.1, 0.15) is 45.1 Å². The second-order valence-electron chi connectivity index (χ2n) is 6.16. The average molecular weight is 357 g/mol. The van der Waals surface area contributed by atoms with Crippen LogP contribution in [0, 0.1) is 18.3 Å². The van der Waals surface area contributed by atoms with E-state index in [2.05, 4.69) is 34.8 Å². The summed E-state index contributed by atoms with van der Waals surface area (Å²) in [6.07, 6.45) is -0.462. The number of pyridine rings is 1. The minimum Gasteiger partial charge on any atom is -0.480 e. The fourth-order valence-corrected chi connectivity index (χ4v) is 2.79. The molecule has 3 rings (SSSR count). The molecule has 0 amide bonds. The van der Waals surface area contributed by atoms with Gasteiger partial charge in [0, 0.05) is 18.2 Å². The van der Waals surface area contributed by atoms with Gasteiger partial charge in [-0.15, -0.1) is 0 Å². The van der Waals surface area contributed by atoms with Crippen molar-refractivity contribution < 1.29 is 9.47 Å². The number of hydrogen-bond acceptors (Lipinski definition) is 7. The molecule has 0 spiro atoms. The molecule has 1 unspecified atom stereocenters. The van der Waals surface area contributed by atoms with Crippen LogP contribution >= 0.6 is 0 Å². The lowest BCUT2D eigenvalue weighted by Crippen LogP contribution is -2.42. The molecule has 7 heteroatoms. The van der Waals surface area contributed by atoms with E-state index in [0.717, 1.165) is 28.2 Å².